The maximum Gasteiger partial charge on any atom is 0.213 e. The van der Waals surface area contributed by atoms with Gasteiger partial charge in [-0.25, -0.2) is 18.1 Å². The number of hydrogen-bond acceptors (Lipinski definition) is 6. The molecule has 22 heavy (non-hydrogen) atoms. The second-order valence-electron chi connectivity index (χ2n) is 5.42. The monoisotopic (exact) mass is 332 g/mol. The van der Waals surface area contributed by atoms with E-state index in [0.717, 1.165) is 12.2 Å². The normalized spacial score (nSPS) is 23.8. The van der Waals surface area contributed by atoms with E-state index in [1.807, 2.05) is 18.7 Å². The molecular weight excluding hydrogens is 308 g/mol. The van der Waals surface area contributed by atoms with Crippen LogP contribution in [0.2, 0.25) is 0 Å². The van der Waals surface area contributed by atoms with Gasteiger partial charge in [-0.2, -0.15) is 0 Å². The van der Waals surface area contributed by atoms with E-state index in [0.29, 0.717) is 6.61 Å². The molecular formula is C13H24N4O4S. The lowest BCUT2D eigenvalue weighted by molar-refractivity contribution is -0.0614. The Balaban J connectivity index is 2.06. The van der Waals surface area contributed by atoms with E-state index < -0.39 is 10.0 Å². The number of aromatic nitrogens is 2. The molecule has 1 aromatic rings. The summed E-state index contributed by atoms with van der Waals surface area (Å²) < 4.78 is 38.9. The van der Waals surface area contributed by atoms with Crippen molar-refractivity contribution in [3.05, 3.63) is 18.2 Å². The van der Waals surface area contributed by atoms with Gasteiger partial charge in [-0.05, 0) is 7.05 Å². The quantitative estimate of drug-likeness (QED) is 0.715. The Kier molecular flexibility index (Phi) is 5.93. The van der Waals surface area contributed by atoms with E-state index in [9.17, 15) is 8.42 Å². The summed E-state index contributed by atoms with van der Waals surface area (Å²) in [4.78, 5) is 6.30. The second kappa shape index (κ2) is 7.51. The molecule has 2 rings (SSSR count). The number of nitrogens with zero attached hydrogens (tertiary/aromatic N) is 3. The van der Waals surface area contributed by atoms with Crippen LogP contribution in [-0.2, 0) is 26.5 Å². The Morgan fingerprint density at radius 2 is 2.27 bits per heavy atom. The lowest BCUT2D eigenvalue weighted by Gasteiger charge is -2.39. The second-order valence-corrected chi connectivity index (χ2v) is 7.35. The fourth-order valence-corrected chi connectivity index (χ4v) is 3.52. The van der Waals surface area contributed by atoms with Gasteiger partial charge >= 0.3 is 0 Å². The third-order valence-electron chi connectivity index (χ3n) is 3.82. The minimum absolute atomic E-state index is 0.0358. The molecule has 1 aromatic heterocycles. The highest BCUT2D eigenvalue weighted by atomic mass is 32.2. The molecule has 1 fully saturated rings. The average molecular weight is 332 g/mol. The zero-order valence-corrected chi connectivity index (χ0v) is 14.0. The van der Waals surface area contributed by atoms with Crippen molar-refractivity contribution in [2.45, 2.75) is 12.1 Å². The van der Waals surface area contributed by atoms with Crippen molar-refractivity contribution >= 4 is 10.0 Å². The van der Waals surface area contributed by atoms with Gasteiger partial charge in [0.15, 0.2) is 0 Å². The maximum atomic E-state index is 11.9. The summed E-state index contributed by atoms with van der Waals surface area (Å²) in [5.74, 6) is -0.0531. The molecule has 9 heteroatoms. The molecule has 0 spiro atoms. The van der Waals surface area contributed by atoms with Crippen LogP contribution < -0.4 is 4.72 Å². The fourth-order valence-electron chi connectivity index (χ4n) is 2.58. The highest BCUT2D eigenvalue weighted by molar-refractivity contribution is 7.89. The molecule has 1 saturated heterocycles. The van der Waals surface area contributed by atoms with Crippen LogP contribution in [0.3, 0.4) is 0 Å². The zero-order valence-electron chi connectivity index (χ0n) is 13.2. The number of sulfonamides is 1. The van der Waals surface area contributed by atoms with Crippen LogP contribution in [0.5, 0.6) is 0 Å². The molecule has 2 heterocycles. The van der Waals surface area contributed by atoms with Crippen LogP contribution in [0.4, 0.5) is 0 Å². The maximum absolute atomic E-state index is 11.9. The van der Waals surface area contributed by atoms with E-state index in [1.165, 1.54) is 7.11 Å². The molecule has 2 atom stereocenters. The van der Waals surface area contributed by atoms with Gasteiger partial charge < -0.3 is 14.0 Å². The van der Waals surface area contributed by atoms with Crippen molar-refractivity contribution in [1.82, 2.24) is 19.2 Å². The number of nitrogens with one attached hydrogen (secondary N) is 1. The lowest BCUT2D eigenvalue weighted by atomic mass is 10.0. The van der Waals surface area contributed by atoms with Gasteiger partial charge in [0.2, 0.25) is 10.0 Å². The van der Waals surface area contributed by atoms with Gasteiger partial charge in [0.25, 0.3) is 0 Å². The third kappa shape index (κ3) is 4.26. The highest BCUT2D eigenvalue weighted by Crippen LogP contribution is 2.27. The van der Waals surface area contributed by atoms with E-state index in [1.54, 1.807) is 12.5 Å². The number of aryl methyl sites for hydroxylation is 1. The van der Waals surface area contributed by atoms with E-state index >= 15 is 0 Å². The molecule has 1 N–H and O–H groups in total. The van der Waals surface area contributed by atoms with Gasteiger partial charge in [-0.1, -0.05) is 0 Å². The van der Waals surface area contributed by atoms with Gasteiger partial charge in [0.05, 0.1) is 43.1 Å². The largest absolute Gasteiger partial charge is 0.384 e. The van der Waals surface area contributed by atoms with Crippen molar-refractivity contribution in [3.63, 3.8) is 0 Å². The number of morpholine rings is 1. The summed E-state index contributed by atoms with van der Waals surface area (Å²) in [5, 5.41) is 0. The predicted octanol–water partition coefficient (Wildman–Crippen LogP) is -0.642. The molecule has 0 saturated carbocycles. The van der Waals surface area contributed by atoms with Crippen molar-refractivity contribution in [2.24, 2.45) is 7.05 Å². The van der Waals surface area contributed by atoms with Crippen molar-refractivity contribution in [2.75, 3.05) is 46.2 Å². The summed E-state index contributed by atoms with van der Waals surface area (Å²) in [6.07, 6.45) is 3.27. The Bertz CT molecular complexity index is 574. The van der Waals surface area contributed by atoms with Gasteiger partial charge in [-0.15, -0.1) is 0 Å². The Morgan fingerprint density at radius 3 is 2.91 bits per heavy atom. The number of ether oxygens (including phenoxy) is 2. The standard InChI is InChI=1S/C13H24N4O4S/c1-16-4-5-21-12(9-15-22(18,19)7-6-20-3)13(16)11-8-14-10-17(11)2/h8,10,12-13,15H,4-7,9H2,1-3H3/t12-,13-/m0/s1. The number of methoxy groups -OCH3 is 1. The van der Waals surface area contributed by atoms with E-state index in [2.05, 4.69) is 14.6 Å². The third-order valence-corrected chi connectivity index (χ3v) is 5.13. The lowest BCUT2D eigenvalue weighted by Crippen LogP contribution is -2.49. The Hall–Kier alpha value is -1.00. The molecule has 1 aliphatic heterocycles. The summed E-state index contributed by atoms with van der Waals surface area (Å²) in [7, 11) is 2.05. The predicted molar refractivity (Wildman–Crippen MR) is 82.0 cm³/mol. The topological polar surface area (TPSA) is 85.7 Å². The SMILES string of the molecule is COCCS(=O)(=O)NC[C@@H]1OCCN(C)[C@H]1c1cncn1C. The molecule has 126 valence electrons. The minimum Gasteiger partial charge on any atom is -0.384 e. The first kappa shape index (κ1) is 17.4. The van der Waals surface area contributed by atoms with Crippen LogP contribution in [0, 0.1) is 0 Å². The first-order valence-corrected chi connectivity index (χ1v) is 8.84. The van der Waals surface area contributed by atoms with Crippen LogP contribution in [0.1, 0.15) is 11.7 Å². The molecule has 1 aliphatic rings. The van der Waals surface area contributed by atoms with Crippen molar-refractivity contribution in [3.8, 4) is 0 Å². The molecule has 0 aromatic carbocycles. The molecule has 0 amide bonds. The minimum atomic E-state index is -3.36. The first-order valence-electron chi connectivity index (χ1n) is 7.19. The summed E-state index contributed by atoms with van der Waals surface area (Å²) in [6.45, 7) is 1.77. The number of hydrogen-bond donors (Lipinski definition) is 1. The number of imidazole rings is 1. The van der Waals surface area contributed by atoms with Crippen molar-refractivity contribution in [1.29, 1.82) is 0 Å². The zero-order chi connectivity index (χ0) is 16.2. The van der Waals surface area contributed by atoms with Gasteiger partial charge in [-0.3, -0.25) is 4.90 Å². The smallest absolute Gasteiger partial charge is 0.213 e. The number of likely N-dealkylation sites (N-methyl/N-ethyl adjacent to an activating group) is 1. The summed E-state index contributed by atoms with van der Waals surface area (Å²) in [6, 6.07) is -0.0358. The summed E-state index contributed by atoms with van der Waals surface area (Å²) in [5.41, 5.74) is 1.00. The number of rotatable bonds is 7. The van der Waals surface area contributed by atoms with E-state index in [4.69, 9.17) is 9.47 Å². The van der Waals surface area contributed by atoms with Gasteiger partial charge in [0.1, 0.15) is 0 Å². The molecule has 0 unspecified atom stereocenters. The van der Waals surface area contributed by atoms with Crippen LogP contribution in [0.15, 0.2) is 12.5 Å². The first-order chi connectivity index (χ1) is 10.4. The van der Waals surface area contributed by atoms with Crippen LogP contribution in [0.25, 0.3) is 0 Å². The molecule has 0 radical (unpaired) electrons. The molecule has 0 bridgehead atoms. The van der Waals surface area contributed by atoms with Crippen LogP contribution in [-0.4, -0.2) is 75.2 Å². The Morgan fingerprint density at radius 1 is 1.50 bits per heavy atom. The van der Waals surface area contributed by atoms with Crippen LogP contribution >= 0.6 is 0 Å². The molecule has 0 aliphatic carbocycles. The van der Waals surface area contributed by atoms with Gasteiger partial charge in [0, 0.05) is 33.4 Å². The Labute approximate surface area is 131 Å². The fraction of sp³-hybridized carbons (Fsp3) is 0.769. The highest BCUT2D eigenvalue weighted by Gasteiger charge is 2.33. The van der Waals surface area contributed by atoms with E-state index in [-0.39, 0.29) is 31.1 Å². The van der Waals surface area contributed by atoms with Crippen molar-refractivity contribution < 1.29 is 17.9 Å². The average Bonchev–Trinajstić information content (AvgIpc) is 2.89. The molecule has 8 nitrogen and oxygen atoms in total. The summed E-state index contributed by atoms with van der Waals surface area (Å²) >= 11 is 0.